The Morgan fingerprint density at radius 3 is 2.63 bits per heavy atom. The number of nitrogens with zero attached hydrogens (tertiary/aromatic N) is 3. The molecule has 7 heteroatoms. The van der Waals surface area contributed by atoms with Crippen LogP contribution in [0.2, 0.25) is 0 Å². The topological polar surface area (TPSA) is 86.1 Å². The molecule has 1 aliphatic heterocycles. The SMILES string of the molecule is CC1CN(S(=O)(=O)c2cccnc2C#N)CC(C)N1. The van der Waals surface area contributed by atoms with Crippen molar-refractivity contribution in [3.63, 3.8) is 0 Å². The van der Waals surface area contributed by atoms with Gasteiger partial charge in [0.25, 0.3) is 0 Å². The zero-order valence-corrected chi connectivity index (χ0v) is 11.7. The van der Waals surface area contributed by atoms with Gasteiger partial charge in [-0.3, -0.25) is 0 Å². The standard InChI is InChI=1S/C12H16N4O2S/c1-9-7-16(8-10(2)15-9)19(17,18)12-4-3-5-14-11(12)6-13/h3-5,9-10,15H,7-8H2,1-2H3. The first-order valence-corrected chi connectivity index (χ1v) is 7.50. The van der Waals surface area contributed by atoms with Crippen LogP contribution in [0.15, 0.2) is 23.2 Å². The smallest absolute Gasteiger partial charge is 0.246 e. The van der Waals surface area contributed by atoms with Gasteiger partial charge in [0.15, 0.2) is 5.69 Å². The lowest BCUT2D eigenvalue weighted by Crippen LogP contribution is -2.55. The average Bonchev–Trinajstić information content (AvgIpc) is 2.37. The highest BCUT2D eigenvalue weighted by Gasteiger charge is 2.33. The van der Waals surface area contributed by atoms with Crippen molar-refractivity contribution in [2.45, 2.75) is 30.8 Å². The van der Waals surface area contributed by atoms with E-state index in [9.17, 15) is 8.42 Å². The lowest BCUT2D eigenvalue weighted by atomic mass is 10.2. The third-order valence-corrected chi connectivity index (χ3v) is 4.88. The van der Waals surface area contributed by atoms with Gasteiger partial charge in [0.05, 0.1) is 0 Å². The molecule has 0 aliphatic carbocycles. The number of pyridine rings is 1. The van der Waals surface area contributed by atoms with Crippen LogP contribution in [0.4, 0.5) is 0 Å². The molecule has 19 heavy (non-hydrogen) atoms. The number of sulfonamides is 1. The molecule has 1 aromatic rings. The van der Waals surface area contributed by atoms with Gasteiger partial charge in [-0.15, -0.1) is 0 Å². The van der Waals surface area contributed by atoms with Gasteiger partial charge in [0.2, 0.25) is 10.0 Å². The van der Waals surface area contributed by atoms with Gasteiger partial charge in [-0.05, 0) is 26.0 Å². The van der Waals surface area contributed by atoms with Gasteiger partial charge < -0.3 is 5.32 Å². The summed E-state index contributed by atoms with van der Waals surface area (Å²) in [5.41, 5.74) is -0.0543. The van der Waals surface area contributed by atoms with Crippen LogP contribution >= 0.6 is 0 Å². The Bertz CT molecular complexity index is 598. The Balaban J connectivity index is 2.40. The van der Waals surface area contributed by atoms with Crippen molar-refractivity contribution in [1.29, 1.82) is 5.26 Å². The lowest BCUT2D eigenvalue weighted by Gasteiger charge is -2.35. The maximum absolute atomic E-state index is 12.6. The molecule has 0 radical (unpaired) electrons. The minimum Gasteiger partial charge on any atom is -0.309 e. The first kappa shape index (κ1) is 13.9. The van der Waals surface area contributed by atoms with E-state index in [1.54, 1.807) is 0 Å². The van der Waals surface area contributed by atoms with E-state index in [2.05, 4.69) is 10.3 Å². The maximum Gasteiger partial charge on any atom is 0.246 e. The Morgan fingerprint density at radius 2 is 2.05 bits per heavy atom. The molecule has 2 heterocycles. The van der Waals surface area contributed by atoms with Crippen molar-refractivity contribution < 1.29 is 8.42 Å². The minimum atomic E-state index is -3.66. The Hall–Kier alpha value is -1.49. The zero-order chi connectivity index (χ0) is 14.0. The summed E-state index contributed by atoms with van der Waals surface area (Å²) in [6.07, 6.45) is 1.42. The molecule has 2 atom stereocenters. The van der Waals surface area contributed by atoms with Crippen LogP contribution in [-0.2, 0) is 10.0 Å². The summed E-state index contributed by atoms with van der Waals surface area (Å²) in [4.78, 5) is 3.80. The van der Waals surface area contributed by atoms with E-state index < -0.39 is 10.0 Å². The molecule has 1 saturated heterocycles. The first-order valence-electron chi connectivity index (χ1n) is 6.06. The second-order valence-electron chi connectivity index (χ2n) is 4.75. The van der Waals surface area contributed by atoms with Crippen molar-refractivity contribution in [2.24, 2.45) is 0 Å². The third-order valence-electron chi connectivity index (χ3n) is 3.02. The average molecular weight is 280 g/mol. The highest BCUT2D eigenvalue weighted by Crippen LogP contribution is 2.20. The molecule has 0 bridgehead atoms. The summed E-state index contributed by atoms with van der Waals surface area (Å²) in [7, 11) is -3.66. The van der Waals surface area contributed by atoms with Crippen molar-refractivity contribution in [2.75, 3.05) is 13.1 Å². The Labute approximate surface area is 113 Å². The summed E-state index contributed by atoms with van der Waals surface area (Å²) in [6, 6.07) is 4.96. The summed E-state index contributed by atoms with van der Waals surface area (Å²) < 4.78 is 26.5. The first-order chi connectivity index (χ1) is 8.95. The number of piperazine rings is 1. The van der Waals surface area contributed by atoms with E-state index in [1.807, 2.05) is 19.9 Å². The molecule has 1 aliphatic rings. The minimum absolute atomic E-state index is 0.0150. The van der Waals surface area contributed by atoms with Crippen LogP contribution in [0.1, 0.15) is 19.5 Å². The molecule has 2 rings (SSSR count). The van der Waals surface area contributed by atoms with Crippen LogP contribution in [0.25, 0.3) is 0 Å². The van der Waals surface area contributed by atoms with Gasteiger partial charge >= 0.3 is 0 Å². The molecule has 0 amide bonds. The summed E-state index contributed by atoms with van der Waals surface area (Å²) in [6.45, 7) is 4.66. The molecule has 102 valence electrons. The largest absolute Gasteiger partial charge is 0.309 e. The quantitative estimate of drug-likeness (QED) is 0.843. The van der Waals surface area contributed by atoms with Crippen LogP contribution in [0, 0.1) is 11.3 Å². The van der Waals surface area contributed by atoms with E-state index in [0.29, 0.717) is 13.1 Å². The zero-order valence-electron chi connectivity index (χ0n) is 10.9. The van der Waals surface area contributed by atoms with Crippen molar-refractivity contribution >= 4 is 10.0 Å². The molecular formula is C12H16N4O2S. The third kappa shape index (κ3) is 2.76. The molecule has 0 saturated carbocycles. The molecular weight excluding hydrogens is 264 g/mol. The molecule has 1 aromatic heterocycles. The van der Waals surface area contributed by atoms with Gasteiger partial charge in [-0.1, -0.05) is 0 Å². The predicted octanol–water partition coefficient (Wildman–Crippen LogP) is 0.324. The van der Waals surface area contributed by atoms with E-state index >= 15 is 0 Å². The second kappa shape index (κ2) is 5.25. The molecule has 0 spiro atoms. The normalized spacial score (nSPS) is 24.9. The fourth-order valence-corrected chi connectivity index (χ4v) is 4.01. The van der Waals surface area contributed by atoms with Crippen LogP contribution in [0.3, 0.4) is 0 Å². The number of hydrogen-bond donors (Lipinski definition) is 1. The van der Waals surface area contributed by atoms with Crippen molar-refractivity contribution in [3.8, 4) is 6.07 Å². The Morgan fingerprint density at radius 1 is 1.42 bits per heavy atom. The van der Waals surface area contributed by atoms with Crippen LogP contribution < -0.4 is 5.32 Å². The number of nitriles is 1. The van der Waals surface area contributed by atoms with Crippen molar-refractivity contribution in [1.82, 2.24) is 14.6 Å². The summed E-state index contributed by atoms with van der Waals surface area (Å²) in [5.74, 6) is 0. The Kier molecular flexibility index (Phi) is 3.85. The van der Waals surface area contributed by atoms with E-state index in [4.69, 9.17) is 5.26 Å². The highest BCUT2D eigenvalue weighted by molar-refractivity contribution is 7.89. The highest BCUT2D eigenvalue weighted by atomic mass is 32.2. The number of rotatable bonds is 2. The molecule has 1 N–H and O–H groups in total. The van der Waals surface area contributed by atoms with Gasteiger partial charge in [-0.25, -0.2) is 13.4 Å². The molecule has 1 fully saturated rings. The van der Waals surface area contributed by atoms with Gasteiger partial charge in [-0.2, -0.15) is 9.57 Å². The fourth-order valence-electron chi connectivity index (χ4n) is 2.29. The number of hydrogen-bond acceptors (Lipinski definition) is 5. The second-order valence-corrected chi connectivity index (χ2v) is 6.66. The summed E-state index contributed by atoms with van der Waals surface area (Å²) in [5, 5.41) is 12.3. The molecule has 6 nitrogen and oxygen atoms in total. The van der Waals surface area contributed by atoms with E-state index in [0.717, 1.165) is 0 Å². The molecule has 2 unspecified atom stereocenters. The maximum atomic E-state index is 12.6. The predicted molar refractivity (Wildman–Crippen MR) is 69.8 cm³/mol. The molecule has 0 aromatic carbocycles. The van der Waals surface area contributed by atoms with Gasteiger partial charge in [0.1, 0.15) is 11.0 Å². The van der Waals surface area contributed by atoms with Crippen LogP contribution in [0.5, 0.6) is 0 Å². The van der Waals surface area contributed by atoms with Crippen LogP contribution in [-0.4, -0.2) is 42.9 Å². The van der Waals surface area contributed by atoms with E-state index in [1.165, 1.54) is 22.6 Å². The lowest BCUT2D eigenvalue weighted by molar-refractivity contribution is 0.263. The monoisotopic (exact) mass is 280 g/mol. The summed E-state index contributed by atoms with van der Waals surface area (Å²) >= 11 is 0. The van der Waals surface area contributed by atoms with Crippen molar-refractivity contribution in [3.05, 3.63) is 24.0 Å². The number of nitrogens with one attached hydrogen (secondary N) is 1. The van der Waals surface area contributed by atoms with E-state index in [-0.39, 0.29) is 22.7 Å². The number of aromatic nitrogens is 1. The van der Waals surface area contributed by atoms with Gasteiger partial charge in [0, 0.05) is 31.4 Å². The fraction of sp³-hybridized carbons (Fsp3) is 0.500.